The summed E-state index contributed by atoms with van der Waals surface area (Å²) >= 11 is 0. The molecular weight excluding hydrogens is 208 g/mol. The van der Waals surface area contributed by atoms with Crippen molar-refractivity contribution in [3.05, 3.63) is 35.3 Å². The minimum absolute atomic E-state index is 0.547. The van der Waals surface area contributed by atoms with E-state index >= 15 is 0 Å². The molecule has 0 saturated carbocycles. The van der Waals surface area contributed by atoms with Gasteiger partial charge in [-0.05, 0) is 41.3 Å². The quantitative estimate of drug-likeness (QED) is 0.841. The second-order valence-corrected chi connectivity index (χ2v) is 5.45. The summed E-state index contributed by atoms with van der Waals surface area (Å²) in [6.07, 6.45) is 6.06. The zero-order valence-electron chi connectivity index (χ0n) is 11.2. The van der Waals surface area contributed by atoms with Crippen LogP contribution < -0.4 is 5.32 Å². The lowest BCUT2D eigenvalue weighted by molar-refractivity contribution is 0.481. The average molecular weight is 230 g/mol. The molecule has 1 N–H and O–H groups in total. The first-order chi connectivity index (χ1) is 8.11. The average Bonchev–Trinajstić information content (AvgIpc) is 2.50. The van der Waals surface area contributed by atoms with E-state index < -0.39 is 0 Å². The van der Waals surface area contributed by atoms with Gasteiger partial charge >= 0.3 is 0 Å². The summed E-state index contributed by atoms with van der Waals surface area (Å²) in [5, 5.41) is 3.37. The van der Waals surface area contributed by atoms with E-state index in [0.717, 1.165) is 12.2 Å². The van der Waals surface area contributed by atoms with Crippen molar-refractivity contribution in [2.24, 2.45) is 5.92 Å². The lowest BCUT2D eigenvalue weighted by Gasteiger charge is -2.25. The summed E-state index contributed by atoms with van der Waals surface area (Å²) in [5.41, 5.74) is 4.03. The van der Waals surface area contributed by atoms with Gasteiger partial charge in [-0.2, -0.15) is 0 Å². The fourth-order valence-corrected chi connectivity index (χ4v) is 2.55. The topological polar surface area (TPSA) is 24.9 Å². The van der Waals surface area contributed by atoms with Crippen molar-refractivity contribution >= 4 is 6.08 Å². The molecule has 0 bridgehead atoms. The van der Waals surface area contributed by atoms with Crippen molar-refractivity contribution in [3.8, 4) is 0 Å². The van der Waals surface area contributed by atoms with Crippen LogP contribution in [0.5, 0.6) is 0 Å². The fraction of sp³-hybridized carbons (Fsp3) is 0.533. The molecule has 0 aliphatic carbocycles. The van der Waals surface area contributed by atoms with E-state index in [4.69, 9.17) is 0 Å². The highest BCUT2D eigenvalue weighted by atomic mass is 14.8. The van der Waals surface area contributed by atoms with E-state index in [-0.39, 0.29) is 0 Å². The number of fused-ring (bicyclic) bond motifs is 1. The zero-order valence-corrected chi connectivity index (χ0v) is 11.2. The van der Waals surface area contributed by atoms with E-state index in [0.29, 0.717) is 17.8 Å². The molecule has 92 valence electrons. The Bertz CT molecular complexity index is 419. The minimum Gasteiger partial charge on any atom is -0.390 e. The molecule has 2 nitrogen and oxygen atoms in total. The number of pyridine rings is 1. The fourth-order valence-electron chi connectivity index (χ4n) is 2.55. The van der Waals surface area contributed by atoms with Crippen LogP contribution in [0.15, 0.2) is 18.5 Å². The number of hydrogen-bond acceptors (Lipinski definition) is 2. The monoisotopic (exact) mass is 230 g/mol. The lowest BCUT2D eigenvalue weighted by atomic mass is 9.82. The highest BCUT2D eigenvalue weighted by Gasteiger charge is 2.24. The Kier molecular flexibility index (Phi) is 3.51. The first-order valence-corrected chi connectivity index (χ1v) is 6.50. The van der Waals surface area contributed by atoms with Crippen LogP contribution >= 0.6 is 0 Å². The second-order valence-electron chi connectivity index (χ2n) is 5.45. The smallest absolute Gasteiger partial charge is 0.0682 e. The van der Waals surface area contributed by atoms with Crippen LogP contribution in [0.3, 0.4) is 0 Å². The van der Waals surface area contributed by atoms with Crippen LogP contribution in [0.1, 0.15) is 56.4 Å². The predicted molar refractivity (Wildman–Crippen MR) is 72.9 cm³/mol. The van der Waals surface area contributed by atoms with Gasteiger partial charge in [-0.15, -0.1) is 0 Å². The normalized spacial score (nSPS) is 19.1. The van der Waals surface area contributed by atoms with Gasteiger partial charge in [-0.1, -0.05) is 27.7 Å². The third-order valence-electron chi connectivity index (χ3n) is 3.55. The van der Waals surface area contributed by atoms with E-state index in [1.54, 1.807) is 0 Å². The molecular formula is C15H22N2. The number of rotatable bonds is 2. The summed E-state index contributed by atoms with van der Waals surface area (Å²) in [5.74, 6) is 1.73. The Labute approximate surface area is 104 Å². The highest BCUT2D eigenvalue weighted by molar-refractivity contribution is 5.54. The Hall–Kier alpha value is -1.31. The number of aromatic nitrogens is 1. The third kappa shape index (κ3) is 2.36. The van der Waals surface area contributed by atoms with Crippen LogP contribution in [0.2, 0.25) is 0 Å². The predicted octanol–water partition coefficient (Wildman–Crippen LogP) is 3.52. The summed E-state index contributed by atoms with van der Waals surface area (Å²) in [4.78, 5) is 4.53. The van der Waals surface area contributed by atoms with Crippen molar-refractivity contribution in [1.82, 2.24) is 10.3 Å². The van der Waals surface area contributed by atoms with E-state index in [2.05, 4.69) is 50.1 Å². The molecule has 1 atom stereocenters. The summed E-state index contributed by atoms with van der Waals surface area (Å²) in [6, 6.07) is 2.18. The van der Waals surface area contributed by atoms with Crippen LogP contribution in [-0.2, 0) is 0 Å². The number of nitrogens with one attached hydrogen (secondary N) is 1. The molecule has 0 aromatic carbocycles. The number of nitrogens with zero attached hydrogens (tertiary/aromatic N) is 1. The largest absolute Gasteiger partial charge is 0.390 e. The van der Waals surface area contributed by atoms with Gasteiger partial charge in [0.1, 0.15) is 0 Å². The van der Waals surface area contributed by atoms with Crippen molar-refractivity contribution in [2.75, 3.05) is 6.54 Å². The van der Waals surface area contributed by atoms with E-state index in [1.165, 1.54) is 11.1 Å². The minimum atomic E-state index is 0.547. The van der Waals surface area contributed by atoms with Gasteiger partial charge in [-0.3, -0.25) is 4.98 Å². The van der Waals surface area contributed by atoms with E-state index in [9.17, 15) is 0 Å². The SMILES string of the molecule is CC(C)c1ccnc2c1C(C(C)C)CNC=C2. The molecule has 0 fully saturated rings. The van der Waals surface area contributed by atoms with E-state index in [1.807, 2.05) is 12.4 Å². The van der Waals surface area contributed by atoms with Gasteiger partial charge in [0.05, 0.1) is 5.69 Å². The van der Waals surface area contributed by atoms with Gasteiger partial charge < -0.3 is 5.32 Å². The molecule has 2 heterocycles. The molecule has 1 unspecified atom stereocenters. The maximum atomic E-state index is 4.53. The standard InChI is InChI=1S/C15H22N2/c1-10(2)12-5-8-17-14-6-7-16-9-13(11(3)4)15(12)14/h5-8,10-11,13,16H,9H2,1-4H3. The molecule has 1 aliphatic rings. The first kappa shape index (κ1) is 12.2. The van der Waals surface area contributed by atoms with Crippen LogP contribution in [0.25, 0.3) is 6.08 Å². The van der Waals surface area contributed by atoms with Gasteiger partial charge in [0.25, 0.3) is 0 Å². The maximum Gasteiger partial charge on any atom is 0.0682 e. The molecule has 17 heavy (non-hydrogen) atoms. The second kappa shape index (κ2) is 4.91. The summed E-state index contributed by atoms with van der Waals surface area (Å²) < 4.78 is 0. The Morgan fingerprint density at radius 1 is 1.29 bits per heavy atom. The Morgan fingerprint density at radius 2 is 2.06 bits per heavy atom. The van der Waals surface area contributed by atoms with Gasteiger partial charge in [0.2, 0.25) is 0 Å². The zero-order chi connectivity index (χ0) is 12.4. The van der Waals surface area contributed by atoms with Crippen molar-refractivity contribution < 1.29 is 0 Å². The van der Waals surface area contributed by atoms with Gasteiger partial charge in [0.15, 0.2) is 0 Å². The van der Waals surface area contributed by atoms with Gasteiger partial charge in [0, 0.05) is 18.7 Å². The van der Waals surface area contributed by atoms with Crippen molar-refractivity contribution in [3.63, 3.8) is 0 Å². The summed E-state index contributed by atoms with van der Waals surface area (Å²) in [6.45, 7) is 10.1. The molecule has 1 aliphatic heterocycles. The Morgan fingerprint density at radius 3 is 2.71 bits per heavy atom. The molecule has 2 rings (SSSR count). The van der Waals surface area contributed by atoms with Crippen LogP contribution in [0, 0.1) is 5.92 Å². The molecule has 1 aromatic heterocycles. The van der Waals surface area contributed by atoms with Gasteiger partial charge in [-0.25, -0.2) is 0 Å². The number of hydrogen-bond donors (Lipinski definition) is 1. The molecule has 0 radical (unpaired) electrons. The molecule has 1 aromatic rings. The van der Waals surface area contributed by atoms with Crippen LogP contribution in [-0.4, -0.2) is 11.5 Å². The molecule has 0 saturated heterocycles. The lowest BCUT2D eigenvalue weighted by Crippen LogP contribution is -2.21. The first-order valence-electron chi connectivity index (χ1n) is 6.50. The maximum absolute atomic E-state index is 4.53. The Balaban J connectivity index is 2.57. The van der Waals surface area contributed by atoms with Crippen molar-refractivity contribution in [1.29, 1.82) is 0 Å². The molecule has 0 amide bonds. The van der Waals surface area contributed by atoms with Crippen molar-refractivity contribution in [2.45, 2.75) is 39.5 Å². The highest BCUT2D eigenvalue weighted by Crippen LogP contribution is 2.34. The molecule has 0 spiro atoms. The molecule has 2 heteroatoms. The third-order valence-corrected chi connectivity index (χ3v) is 3.55. The van der Waals surface area contributed by atoms with Crippen LogP contribution in [0.4, 0.5) is 0 Å². The summed E-state index contributed by atoms with van der Waals surface area (Å²) in [7, 11) is 0.